The summed E-state index contributed by atoms with van der Waals surface area (Å²) in [4.78, 5) is 11.9. The van der Waals surface area contributed by atoms with Gasteiger partial charge in [0.15, 0.2) is 5.60 Å². The molecule has 0 spiro atoms. The molecule has 0 aliphatic carbocycles. The van der Waals surface area contributed by atoms with Crippen LogP contribution in [0.25, 0.3) is 0 Å². The van der Waals surface area contributed by atoms with Crippen LogP contribution in [0.15, 0.2) is 48.5 Å². The summed E-state index contributed by atoms with van der Waals surface area (Å²) in [5, 5.41) is 19.9. The van der Waals surface area contributed by atoms with E-state index in [9.17, 15) is 9.90 Å². The number of nitrogens with two attached hydrogens (primary N) is 1. The van der Waals surface area contributed by atoms with Crippen LogP contribution in [0.3, 0.4) is 0 Å². The third kappa shape index (κ3) is 3.64. The van der Waals surface area contributed by atoms with Crippen LogP contribution in [0.5, 0.6) is 5.75 Å². The van der Waals surface area contributed by atoms with Gasteiger partial charge in [-0.1, -0.05) is 48.0 Å². The van der Waals surface area contributed by atoms with Gasteiger partial charge >= 0.3 is 0 Å². The average Bonchev–Trinajstić information content (AvgIpc) is 2.56. The van der Waals surface area contributed by atoms with Gasteiger partial charge in [-0.25, -0.2) is 0 Å². The Bertz CT molecular complexity index is 678. The van der Waals surface area contributed by atoms with Crippen molar-refractivity contribution >= 4 is 17.5 Å². The number of carbonyl (C=O) groups excluding carboxylic acids is 1. The zero-order valence-corrected chi connectivity index (χ0v) is 13.2. The third-order valence-electron chi connectivity index (χ3n) is 3.46. The van der Waals surface area contributed by atoms with Crippen LogP contribution in [0, 0.1) is 0 Å². The molecule has 0 aliphatic rings. The number of halogens is 1. The molecule has 0 radical (unpaired) electrons. The SMILES string of the molecule is NC(=O)C(O)(c1ccccc1)c1ccc(OCCCO)c(Cl)c1. The molecule has 0 fully saturated rings. The van der Waals surface area contributed by atoms with Crippen LogP contribution in [-0.4, -0.2) is 29.3 Å². The monoisotopic (exact) mass is 335 g/mol. The van der Waals surface area contributed by atoms with E-state index in [2.05, 4.69) is 0 Å². The maximum Gasteiger partial charge on any atom is 0.258 e. The second-order valence-corrected chi connectivity index (χ2v) is 5.42. The van der Waals surface area contributed by atoms with Crippen molar-refractivity contribution in [3.63, 3.8) is 0 Å². The summed E-state index contributed by atoms with van der Waals surface area (Å²) < 4.78 is 5.42. The lowest BCUT2D eigenvalue weighted by Gasteiger charge is -2.26. The molecule has 4 N–H and O–H groups in total. The highest BCUT2D eigenvalue weighted by Crippen LogP contribution is 2.34. The lowest BCUT2D eigenvalue weighted by atomic mass is 9.85. The molecule has 6 heteroatoms. The van der Waals surface area contributed by atoms with Gasteiger partial charge in [-0.05, 0) is 23.3 Å². The Morgan fingerprint density at radius 2 is 1.87 bits per heavy atom. The van der Waals surface area contributed by atoms with Crippen LogP contribution in [0.2, 0.25) is 5.02 Å². The predicted molar refractivity (Wildman–Crippen MR) is 87.3 cm³/mol. The molecule has 1 amide bonds. The quantitative estimate of drug-likeness (QED) is 0.673. The van der Waals surface area contributed by atoms with Crippen LogP contribution in [0.4, 0.5) is 0 Å². The number of rotatable bonds is 7. The Labute approximate surface area is 139 Å². The van der Waals surface area contributed by atoms with E-state index < -0.39 is 11.5 Å². The Balaban J connectivity index is 2.38. The number of aliphatic hydroxyl groups is 2. The van der Waals surface area contributed by atoms with Gasteiger partial charge in [0, 0.05) is 13.0 Å². The number of ether oxygens (including phenoxy) is 1. The van der Waals surface area contributed by atoms with E-state index >= 15 is 0 Å². The minimum absolute atomic E-state index is 0.0190. The summed E-state index contributed by atoms with van der Waals surface area (Å²) in [6.45, 7) is 0.333. The topological polar surface area (TPSA) is 92.8 Å². The number of hydrogen-bond donors (Lipinski definition) is 3. The first-order chi connectivity index (χ1) is 11.0. The first-order valence-electron chi connectivity index (χ1n) is 7.11. The first-order valence-corrected chi connectivity index (χ1v) is 7.49. The van der Waals surface area contributed by atoms with Crippen LogP contribution < -0.4 is 10.5 Å². The molecule has 2 aromatic rings. The molecular weight excluding hydrogens is 318 g/mol. The van der Waals surface area contributed by atoms with E-state index in [1.54, 1.807) is 36.4 Å². The standard InChI is InChI=1S/C17H18ClNO4/c18-14-11-13(7-8-15(14)23-10-4-9-20)17(22,16(19)21)12-5-2-1-3-6-12/h1-3,5-8,11,20,22H,4,9-10H2,(H2,19,21). The van der Waals surface area contributed by atoms with Crippen LogP contribution in [0.1, 0.15) is 17.5 Å². The van der Waals surface area contributed by atoms with Gasteiger partial charge in [-0.3, -0.25) is 4.79 Å². The van der Waals surface area contributed by atoms with Gasteiger partial charge < -0.3 is 20.7 Å². The molecule has 122 valence electrons. The molecule has 1 atom stereocenters. The lowest BCUT2D eigenvalue weighted by molar-refractivity contribution is -0.133. The van der Waals surface area contributed by atoms with E-state index in [0.717, 1.165) is 0 Å². The van der Waals surface area contributed by atoms with Crippen molar-refractivity contribution in [3.05, 3.63) is 64.7 Å². The highest BCUT2D eigenvalue weighted by molar-refractivity contribution is 6.32. The second-order valence-electron chi connectivity index (χ2n) is 5.01. The molecular formula is C17H18ClNO4. The van der Waals surface area contributed by atoms with E-state index in [1.807, 2.05) is 0 Å². The van der Waals surface area contributed by atoms with Gasteiger partial charge in [0.25, 0.3) is 5.91 Å². The predicted octanol–water partition coefficient (Wildman–Crippen LogP) is 1.82. The summed E-state index contributed by atoms with van der Waals surface area (Å²) in [5.74, 6) is -0.488. The summed E-state index contributed by atoms with van der Waals surface area (Å²) in [6.07, 6.45) is 0.479. The van der Waals surface area contributed by atoms with E-state index in [-0.39, 0.29) is 17.2 Å². The molecule has 0 heterocycles. The molecule has 23 heavy (non-hydrogen) atoms. The van der Waals surface area contributed by atoms with Crippen molar-refractivity contribution < 1.29 is 19.7 Å². The maximum atomic E-state index is 11.9. The Kier molecular flexibility index (Phi) is 5.60. The molecule has 0 saturated heterocycles. The van der Waals surface area contributed by atoms with Crippen LogP contribution in [-0.2, 0) is 10.4 Å². The van der Waals surface area contributed by atoms with Gasteiger partial charge in [-0.15, -0.1) is 0 Å². The zero-order chi connectivity index (χ0) is 16.9. The van der Waals surface area contributed by atoms with Gasteiger partial charge in [0.05, 0.1) is 11.6 Å². The maximum absolute atomic E-state index is 11.9. The zero-order valence-electron chi connectivity index (χ0n) is 12.4. The van der Waals surface area contributed by atoms with Crippen molar-refractivity contribution in [2.75, 3.05) is 13.2 Å². The summed E-state index contributed by atoms with van der Waals surface area (Å²) in [6, 6.07) is 13.0. The molecule has 2 rings (SSSR count). The lowest BCUT2D eigenvalue weighted by Crippen LogP contribution is -2.42. The van der Waals surface area contributed by atoms with Crippen LogP contribution >= 0.6 is 11.6 Å². The largest absolute Gasteiger partial charge is 0.492 e. The van der Waals surface area contributed by atoms with Gasteiger partial charge in [0.1, 0.15) is 5.75 Å². The molecule has 0 aliphatic heterocycles. The highest BCUT2D eigenvalue weighted by atomic mass is 35.5. The molecule has 0 saturated carbocycles. The number of hydrogen-bond acceptors (Lipinski definition) is 4. The third-order valence-corrected chi connectivity index (χ3v) is 3.75. The number of aliphatic hydroxyl groups excluding tert-OH is 1. The fourth-order valence-electron chi connectivity index (χ4n) is 2.22. The second kappa shape index (κ2) is 7.46. The highest BCUT2D eigenvalue weighted by Gasteiger charge is 2.38. The fourth-order valence-corrected chi connectivity index (χ4v) is 2.46. The van der Waals surface area contributed by atoms with Crippen molar-refractivity contribution in [1.82, 2.24) is 0 Å². The van der Waals surface area contributed by atoms with Crippen molar-refractivity contribution in [3.8, 4) is 5.75 Å². The summed E-state index contributed by atoms with van der Waals surface area (Å²) in [5.41, 5.74) is 4.07. The minimum atomic E-state index is -1.98. The van der Waals surface area contributed by atoms with E-state index in [4.69, 9.17) is 27.2 Å². The Morgan fingerprint density at radius 1 is 1.17 bits per heavy atom. The van der Waals surface area contributed by atoms with E-state index in [1.165, 1.54) is 12.1 Å². The van der Waals surface area contributed by atoms with Crippen molar-refractivity contribution in [2.24, 2.45) is 5.73 Å². The first kappa shape index (κ1) is 17.3. The number of carbonyl (C=O) groups is 1. The summed E-state index contributed by atoms with van der Waals surface area (Å²) >= 11 is 6.16. The number of benzene rings is 2. The normalized spacial score (nSPS) is 13.3. The Hall–Kier alpha value is -2.08. The molecule has 5 nitrogen and oxygen atoms in total. The molecule has 2 aromatic carbocycles. The van der Waals surface area contributed by atoms with E-state index in [0.29, 0.717) is 24.3 Å². The van der Waals surface area contributed by atoms with Gasteiger partial charge in [0.2, 0.25) is 0 Å². The average molecular weight is 336 g/mol. The summed E-state index contributed by atoms with van der Waals surface area (Å²) in [7, 11) is 0. The fraction of sp³-hybridized carbons (Fsp3) is 0.235. The number of amides is 1. The smallest absolute Gasteiger partial charge is 0.258 e. The molecule has 0 aromatic heterocycles. The van der Waals surface area contributed by atoms with Crippen molar-refractivity contribution in [1.29, 1.82) is 0 Å². The Morgan fingerprint density at radius 3 is 2.43 bits per heavy atom. The number of primary amides is 1. The van der Waals surface area contributed by atoms with Gasteiger partial charge in [-0.2, -0.15) is 0 Å². The molecule has 0 bridgehead atoms. The van der Waals surface area contributed by atoms with Crippen molar-refractivity contribution in [2.45, 2.75) is 12.0 Å². The minimum Gasteiger partial charge on any atom is -0.492 e. The molecule has 1 unspecified atom stereocenters.